The fourth-order valence-electron chi connectivity index (χ4n) is 4.29. The van der Waals surface area contributed by atoms with E-state index in [1.54, 1.807) is 19.1 Å². The number of aryl methyl sites for hydroxylation is 3. The van der Waals surface area contributed by atoms with Crippen molar-refractivity contribution in [3.05, 3.63) is 81.2 Å². The van der Waals surface area contributed by atoms with Gasteiger partial charge in [-0.3, -0.25) is 4.98 Å². The molecule has 5 nitrogen and oxygen atoms in total. The number of rotatable bonds is 8. The van der Waals surface area contributed by atoms with Gasteiger partial charge in [0.15, 0.2) is 0 Å². The lowest BCUT2D eigenvalue weighted by Crippen LogP contribution is -2.14. The van der Waals surface area contributed by atoms with Crippen molar-refractivity contribution in [3.8, 4) is 16.9 Å². The zero-order valence-electron chi connectivity index (χ0n) is 20.9. The maximum absolute atomic E-state index is 11.6. The summed E-state index contributed by atoms with van der Waals surface area (Å²) in [6.45, 7) is 12.8. The molecule has 0 fully saturated rings. The molecule has 0 amide bonds. The van der Waals surface area contributed by atoms with E-state index in [1.807, 2.05) is 13.8 Å². The van der Waals surface area contributed by atoms with E-state index in [0.29, 0.717) is 23.8 Å². The van der Waals surface area contributed by atoms with Crippen LogP contribution in [0.4, 0.5) is 0 Å². The summed E-state index contributed by atoms with van der Waals surface area (Å²) in [5, 5.41) is 9.52. The van der Waals surface area contributed by atoms with Crippen LogP contribution in [-0.4, -0.2) is 16.1 Å². The molecule has 2 aromatic carbocycles. The van der Waals surface area contributed by atoms with Gasteiger partial charge >= 0.3 is 5.97 Å². The van der Waals surface area contributed by atoms with Gasteiger partial charge in [-0.1, -0.05) is 49.7 Å². The zero-order valence-corrected chi connectivity index (χ0v) is 21.7. The zero-order chi connectivity index (χ0) is 24.3. The summed E-state index contributed by atoms with van der Waals surface area (Å²) in [5.74, 6) is 0.0999. The van der Waals surface area contributed by atoms with Crippen LogP contribution in [-0.2, 0) is 19.6 Å². The summed E-state index contributed by atoms with van der Waals surface area (Å²) >= 11 is 0. The van der Waals surface area contributed by atoms with Crippen molar-refractivity contribution in [1.82, 2.24) is 4.98 Å². The normalized spacial score (nSPS) is 10.8. The highest BCUT2D eigenvalue weighted by Crippen LogP contribution is 2.34. The van der Waals surface area contributed by atoms with E-state index >= 15 is 0 Å². The van der Waals surface area contributed by atoms with Crippen LogP contribution in [0.25, 0.3) is 11.1 Å². The number of aromatic carboxylic acids is 1. The second-order valence-electron chi connectivity index (χ2n) is 9.12. The molecular formula is C28H35ClN2O3. The first kappa shape index (κ1) is 27.4. The predicted octanol–water partition coefficient (Wildman–Crippen LogP) is 6.34. The lowest BCUT2D eigenvalue weighted by atomic mass is 9.90. The molecule has 3 aromatic rings. The van der Waals surface area contributed by atoms with Crippen LogP contribution < -0.4 is 10.5 Å². The van der Waals surface area contributed by atoms with E-state index in [1.165, 1.54) is 5.56 Å². The molecule has 0 saturated carbocycles. The molecule has 3 rings (SSSR count). The van der Waals surface area contributed by atoms with Gasteiger partial charge in [0.2, 0.25) is 0 Å². The Morgan fingerprint density at radius 1 is 1.03 bits per heavy atom. The highest BCUT2D eigenvalue weighted by Gasteiger charge is 2.21. The van der Waals surface area contributed by atoms with E-state index in [2.05, 4.69) is 45.0 Å². The van der Waals surface area contributed by atoms with E-state index < -0.39 is 5.97 Å². The smallest absolute Gasteiger partial charge is 0.336 e. The number of nitrogens with zero attached hydrogens (tertiary/aromatic N) is 1. The average Bonchev–Trinajstić information content (AvgIpc) is 2.74. The Hall–Kier alpha value is -2.89. The minimum Gasteiger partial charge on any atom is -0.488 e. The second kappa shape index (κ2) is 11.5. The van der Waals surface area contributed by atoms with Crippen molar-refractivity contribution in [3.63, 3.8) is 0 Å². The van der Waals surface area contributed by atoms with Gasteiger partial charge in [-0.2, -0.15) is 0 Å². The fourth-order valence-corrected chi connectivity index (χ4v) is 4.29. The van der Waals surface area contributed by atoms with Crippen molar-refractivity contribution < 1.29 is 14.6 Å². The van der Waals surface area contributed by atoms with Gasteiger partial charge in [0, 0.05) is 29.1 Å². The molecule has 34 heavy (non-hydrogen) atoms. The first-order valence-electron chi connectivity index (χ1n) is 11.4. The molecule has 0 radical (unpaired) electrons. The van der Waals surface area contributed by atoms with Crippen LogP contribution in [0.3, 0.4) is 0 Å². The quantitative estimate of drug-likeness (QED) is 0.391. The summed E-state index contributed by atoms with van der Waals surface area (Å²) in [7, 11) is 0. The maximum atomic E-state index is 11.6. The van der Waals surface area contributed by atoms with E-state index in [9.17, 15) is 9.90 Å². The van der Waals surface area contributed by atoms with Gasteiger partial charge < -0.3 is 15.6 Å². The molecule has 0 aliphatic rings. The van der Waals surface area contributed by atoms with Gasteiger partial charge in [0.25, 0.3) is 0 Å². The largest absolute Gasteiger partial charge is 0.488 e. The molecule has 1 heterocycles. The Morgan fingerprint density at radius 3 is 2.24 bits per heavy atom. The minimum absolute atomic E-state index is 0. The highest BCUT2D eigenvalue weighted by atomic mass is 35.5. The molecule has 0 aliphatic carbocycles. The molecule has 0 spiro atoms. The lowest BCUT2D eigenvalue weighted by molar-refractivity contribution is 0.0695. The number of carboxylic acid groups (broad SMARTS) is 1. The number of carbonyl (C=O) groups is 1. The number of nitrogens with two attached hydrogens (primary N) is 1. The molecule has 0 aliphatic heterocycles. The summed E-state index contributed by atoms with van der Waals surface area (Å²) in [6.07, 6.45) is 0.853. The lowest BCUT2D eigenvalue weighted by Gasteiger charge is -2.22. The average molecular weight is 483 g/mol. The van der Waals surface area contributed by atoms with Gasteiger partial charge in [-0.05, 0) is 68.4 Å². The minimum atomic E-state index is -0.959. The van der Waals surface area contributed by atoms with Crippen LogP contribution in [0.2, 0.25) is 0 Å². The Morgan fingerprint density at radius 2 is 1.68 bits per heavy atom. The Labute approximate surface area is 208 Å². The third-order valence-corrected chi connectivity index (χ3v) is 6.03. The molecule has 0 atom stereocenters. The number of aromatic nitrogens is 1. The highest BCUT2D eigenvalue weighted by molar-refractivity contribution is 5.90. The summed E-state index contributed by atoms with van der Waals surface area (Å²) in [5.41, 5.74) is 15.4. The standard InChI is InChI=1S/C28H34N2O3.ClH/c1-16(2)13-25-23(14-29)26(21-10-7-17(3)8-11-21)24(20(6)30-25)15-33-27-18(4)9-12-22(19(27)5)28(31)32;/h7-12,16H,13-15,29H2,1-6H3,(H,31,32);1H. The number of halogens is 1. The third kappa shape index (κ3) is 5.78. The SMILES string of the molecule is Cc1ccc(-c2c(COc3c(C)ccc(C(=O)O)c3C)c(C)nc(CC(C)C)c2CN)cc1.Cl. The monoisotopic (exact) mass is 482 g/mol. The van der Waals surface area contributed by atoms with Crippen molar-refractivity contribution >= 4 is 18.4 Å². The summed E-state index contributed by atoms with van der Waals surface area (Å²) < 4.78 is 6.29. The molecule has 0 bridgehead atoms. The van der Waals surface area contributed by atoms with Crippen molar-refractivity contribution in [2.24, 2.45) is 11.7 Å². The second-order valence-corrected chi connectivity index (χ2v) is 9.12. The van der Waals surface area contributed by atoms with Gasteiger partial charge in [-0.25, -0.2) is 4.79 Å². The topological polar surface area (TPSA) is 85.4 Å². The van der Waals surface area contributed by atoms with Gasteiger partial charge in [0.1, 0.15) is 12.4 Å². The van der Waals surface area contributed by atoms with E-state index in [0.717, 1.165) is 45.6 Å². The van der Waals surface area contributed by atoms with Crippen LogP contribution in [0.1, 0.15) is 63.4 Å². The number of carboxylic acids is 1. The van der Waals surface area contributed by atoms with Crippen molar-refractivity contribution in [1.29, 1.82) is 0 Å². The third-order valence-electron chi connectivity index (χ3n) is 6.03. The van der Waals surface area contributed by atoms with Crippen LogP contribution in [0, 0.1) is 33.6 Å². The molecular weight excluding hydrogens is 448 g/mol. The predicted molar refractivity (Wildman–Crippen MR) is 140 cm³/mol. The van der Waals surface area contributed by atoms with Gasteiger partial charge in [0.05, 0.1) is 5.56 Å². The van der Waals surface area contributed by atoms with E-state index in [-0.39, 0.29) is 24.6 Å². The van der Waals surface area contributed by atoms with Crippen molar-refractivity contribution in [2.75, 3.05) is 0 Å². The molecule has 0 saturated heterocycles. The Kier molecular flexibility index (Phi) is 9.25. The number of pyridine rings is 1. The van der Waals surface area contributed by atoms with E-state index in [4.69, 9.17) is 15.5 Å². The molecule has 182 valence electrons. The van der Waals surface area contributed by atoms with Crippen molar-refractivity contribution in [2.45, 2.75) is 61.1 Å². The number of hydrogen-bond acceptors (Lipinski definition) is 4. The van der Waals surface area contributed by atoms with Gasteiger partial charge in [-0.15, -0.1) is 12.4 Å². The number of ether oxygens (including phenoxy) is 1. The van der Waals surface area contributed by atoms with Crippen LogP contribution in [0.15, 0.2) is 36.4 Å². The van der Waals surface area contributed by atoms with Crippen LogP contribution >= 0.6 is 12.4 Å². The first-order valence-corrected chi connectivity index (χ1v) is 11.4. The number of benzene rings is 2. The fraction of sp³-hybridized carbons (Fsp3) is 0.357. The van der Waals surface area contributed by atoms with Crippen LogP contribution in [0.5, 0.6) is 5.75 Å². The summed E-state index contributed by atoms with van der Waals surface area (Å²) in [4.78, 5) is 16.5. The Bertz CT molecular complexity index is 1170. The molecule has 1 aromatic heterocycles. The molecule has 6 heteroatoms. The maximum Gasteiger partial charge on any atom is 0.336 e. The molecule has 3 N–H and O–H groups in total. The number of hydrogen-bond donors (Lipinski definition) is 2. The Balaban J connectivity index is 0.00000408. The molecule has 0 unspecified atom stereocenters. The first-order chi connectivity index (χ1) is 15.6. The summed E-state index contributed by atoms with van der Waals surface area (Å²) in [6, 6.07) is 11.8.